The van der Waals surface area contributed by atoms with Crippen LogP contribution in [0.5, 0.6) is 0 Å². The predicted octanol–water partition coefficient (Wildman–Crippen LogP) is 4.10. The third kappa shape index (κ3) is 5.62. The van der Waals surface area contributed by atoms with E-state index in [9.17, 15) is 22.4 Å². The monoisotopic (exact) mass is 582 g/mol. The minimum Gasteiger partial charge on any atom is -0.338 e. The average Bonchev–Trinajstić information content (AvgIpc) is 3.40. The van der Waals surface area contributed by atoms with E-state index in [0.717, 1.165) is 16.3 Å². The Morgan fingerprint density at radius 3 is 2.44 bits per heavy atom. The van der Waals surface area contributed by atoms with Gasteiger partial charge in [-0.05, 0) is 37.1 Å². The number of piperidine rings is 1. The molecular weight excluding hydrogens is 554 g/mol. The second-order valence-corrected chi connectivity index (χ2v) is 11.9. The molecule has 2 aromatic heterocycles. The van der Waals surface area contributed by atoms with Crippen LogP contribution in [0.4, 0.5) is 20.3 Å². The summed E-state index contributed by atoms with van der Waals surface area (Å²) in [6, 6.07) is 13.2. The molecule has 10 nitrogen and oxygen atoms in total. The van der Waals surface area contributed by atoms with Crippen LogP contribution in [0.2, 0.25) is 0 Å². The summed E-state index contributed by atoms with van der Waals surface area (Å²) in [5.41, 5.74) is -0.417. The van der Waals surface area contributed by atoms with Gasteiger partial charge in [-0.25, -0.2) is 26.9 Å². The van der Waals surface area contributed by atoms with Crippen LogP contribution in [-0.2, 0) is 15.7 Å². The lowest BCUT2D eigenvalue weighted by molar-refractivity contribution is 0.0421. The van der Waals surface area contributed by atoms with Gasteiger partial charge in [0.15, 0.2) is 5.65 Å². The summed E-state index contributed by atoms with van der Waals surface area (Å²) in [6.45, 7) is 3.41. The number of rotatable bonds is 7. The molecule has 2 aromatic carbocycles. The molecule has 13 heteroatoms. The molecule has 0 spiro atoms. The van der Waals surface area contributed by atoms with Crippen LogP contribution >= 0.6 is 0 Å². The van der Waals surface area contributed by atoms with E-state index in [1.807, 2.05) is 10.8 Å². The minimum atomic E-state index is -3.87. The maximum Gasteiger partial charge on any atom is 0.270 e. The van der Waals surface area contributed by atoms with Gasteiger partial charge in [0.1, 0.15) is 28.4 Å². The zero-order valence-corrected chi connectivity index (χ0v) is 23.2. The third-order valence-electron chi connectivity index (χ3n) is 7.14. The standard InChI is InChI=1S/C28H28F2N6O4S/c1-3-41(39,40)34-26(37)20-17-32-36-24(20)31-16-21(25(36)33-23-15-18(2)9-10-22(23)29)27(38)35-13-11-28(30,12-14-35)19-7-5-4-6-8-19/h4-10,15-17,33H,3,11-14H2,1-2H3,(H,34,37). The number of nitrogens with one attached hydrogen (secondary N) is 2. The Balaban J connectivity index is 1.52. The number of hydrogen-bond donors (Lipinski definition) is 2. The van der Waals surface area contributed by atoms with E-state index in [1.54, 1.807) is 43.3 Å². The quantitative estimate of drug-likeness (QED) is 0.336. The van der Waals surface area contributed by atoms with Crippen molar-refractivity contribution in [2.24, 2.45) is 0 Å². The molecule has 0 bridgehead atoms. The fraction of sp³-hybridized carbons (Fsp3) is 0.286. The van der Waals surface area contributed by atoms with E-state index in [2.05, 4.69) is 15.4 Å². The van der Waals surface area contributed by atoms with Crippen LogP contribution in [0.1, 0.15) is 51.6 Å². The van der Waals surface area contributed by atoms with E-state index in [4.69, 9.17) is 0 Å². The number of amides is 2. The van der Waals surface area contributed by atoms with Crippen LogP contribution in [0.25, 0.3) is 5.65 Å². The van der Waals surface area contributed by atoms with Crippen molar-refractivity contribution in [1.29, 1.82) is 0 Å². The Hall–Kier alpha value is -4.39. The van der Waals surface area contributed by atoms with Crippen LogP contribution in [0.15, 0.2) is 60.9 Å². The zero-order chi connectivity index (χ0) is 29.4. The van der Waals surface area contributed by atoms with Crippen molar-refractivity contribution in [2.75, 3.05) is 24.2 Å². The number of fused-ring (bicyclic) bond motifs is 1. The summed E-state index contributed by atoms with van der Waals surface area (Å²) < 4.78 is 57.5. The van der Waals surface area contributed by atoms with Gasteiger partial charge in [0.05, 0.1) is 17.6 Å². The second-order valence-electron chi connectivity index (χ2n) is 9.88. The third-order valence-corrected chi connectivity index (χ3v) is 8.40. The second kappa shape index (κ2) is 10.9. The molecular formula is C28H28F2N6O4S. The predicted molar refractivity (Wildman–Crippen MR) is 149 cm³/mol. The molecule has 4 aromatic rings. The molecule has 0 radical (unpaired) electrons. The number of halogens is 2. The largest absolute Gasteiger partial charge is 0.338 e. The SMILES string of the molecule is CCS(=O)(=O)NC(=O)c1cnn2c(Nc3cc(C)ccc3F)c(C(=O)N3CCC(F)(c4ccccc4)CC3)cnc12. The van der Waals surface area contributed by atoms with E-state index in [-0.39, 0.29) is 60.0 Å². The highest BCUT2D eigenvalue weighted by Crippen LogP contribution is 2.37. The fourth-order valence-corrected chi connectivity index (χ4v) is 5.30. The van der Waals surface area contributed by atoms with Crippen molar-refractivity contribution in [3.63, 3.8) is 0 Å². The molecule has 2 amide bonds. The number of hydrogen-bond acceptors (Lipinski definition) is 7. The number of aromatic nitrogens is 3. The van der Waals surface area contributed by atoms with Crippen molar-refractivity contribution in [3.05, 3.63) is 89.0 Å². The summed E-state index contributed by atoms with van der Waals surface area (Å²) in [7, 11) is -3.87. The molecule has 1 aliphatic rings. The lowest BCUT2D eigenvalue weighted by Crippen LogP contribution is -2.43. The number of carbonyl (C=O) groups is 2. The molecule has 3 heterocycles. The lowest BCUT2D eigenvalue weighted by Gasteiger charge is -2.37. The molecule has 41 heavy (non-hydrogen) atoms. The number of sulfonamides is 1. The van der Waals surface area contributed by atoms with E-state index >= 15 is 4.39 Å². The Morgan fingerprint density at radius 2 is 1.76 bits per heavy atom. The Labute approximate surface area is 235 Å². The van der Waals surface area contributed by atoms with Crippen LogP contribution in [0.3, 0.4) is 0 Å². The van der Waals surface area contributed by atoms with Crippen molar-refractivity contribution in [2.45, 2.75) is 32.4 Å². The Bertz CT molecular complexity index is 1740. The first-order chi connectivity index (χ1) is 19.5. The number of anilines is 2. The highest BCUT2D eigenvalue weighted by molar-refractivity contribution is 7.90. The summed E-state index contributed by atoms with van der Waals surface area (Å²) in [5.74, 6) is -2.33. The Kier molecular flexibility index (Phi) is 7.47. The van der Waals surface area contributed by atoms with Crippen LogP contribution in [0, 0.1) is 12.7 Å². The molecule has 5 rings (SSSR count). The van der Waals surface area contributed by atoms with Gasteiger partial charge in [0.2, 0.25) is 10.0 Å². The number of alkyl halides is 1. The van der Waals surface area contributed by atoms with E-state index in [1.165, 1.54) is 24.1 Å². The summed E-state index contributed by atoms with van der Waals surface area (Å²) >= 11 is 0. The first-order valence-corrected chi connectivity index (χ1v) is 14.6. The van der Waals surface area contributed by atoms with Gasteiger partial charge in [-0.15, -0.1) is 0 Å². The van der Waals surface area contributed by atoms with Crippen LogP contribution in [-0.4, -0.2) is 58.6 Å². The smallest absolute Gasteiger partial charge is 0.270 e. The zero-order valence-electron chi connectivity index (χ0n) is 22.4. The molecule has 0 saturated carbocycles. The van der Waals surface area contributed by atoms with Crippen molar-refractivity contribution < 1.29 is 26.8 Å². The van der Waals surface area contributed by atoms with Gasteiger partial charge in [-0.1, -0.05) is 36.4 Å². The molecule has 1 aliphatic heterocycles. The maximum atomic E-state index is 15.7. The first-order valence-electron chi connectivity index (χ1n) is 13.0. The molecule has 0 aliphatic carbocycles. The molecule has 2 N–H and O–H groups in total. The van der Waals surface area contributed by atoms with Gasteiger partial charge in [-0.2, -0.15) is 9.61 Å². The number of carbonyl (C=O) groups excluding carboxylic acids is 2. The van der Waals surface area contributed by atoms with Crippen LogP contribution < -0.4 is 10.0 Å². The fourth-order valence-electron chi connectivity index (χ4n) is 4.76. The average molecular weight is 583 g/mol. The number of aryl methyl sites for hydroxylation is 1. The van der Waals surface area contributed by atoms with Crippen molar-refractivity contribution in [1.82, 2.24) is 24.2 Å². The molecule has 1 fully saturated rings. The van der Waals surface area contributed by atoms with Gasteiger partial charge in [-0.3, -0.25) is 9.59 Å². The number of likely N-dealkylation sites (tertiary alicyclic amines) is 1. The number of benzene rings is 2. The highest BCUT2D eigenvalue weighted by Gasteiger charge is 2.38. The highest BCUT2D eigenvalue weighted by atomic mass is 32.2. The Morgan fingerprint density at radius 1 is 1.05 bits per heavy atom. The maximum absolute atomic E-state index is 15.7. The van der Waals surface area contributed by atoms with Crippen molar-refractivity contribution in [3.8, 4) is 0 Å². The van der Waals surface area contributed by atoms with Gasteiger partial charge in [0, 0.05) is 32.1 Å². The molecule has 0 atom stereocenters. The van der Waals surface area contributed by atoms with Gasteiger partial charge in [0.25, 0.3) is 11.8 Å². The lowest BCUT2D eigenvalue weighted by atomic mass is 9.86. The molecule has 1 saturated heterocycles. The minimum absolute atomic E-state index is 0.0145. The summed E-state index contributed by atoms with van der Waals surface area (Å²) in [5, 5.41) is 7.09. The van der Waals surface area contributed by atoms with Gasteiger partial charge < -0.3 is 10.2 Å². The summed E-state index contributed by atoms with van der Waals surface area (Å²) in [6.07, 6.45) is 2.51. The molecule has 214 valence electrons. The normalized spacial score (nSPS) is 15.1. The number of nitrogens with zero attached hydrogens (tertiary/aromatic N) is 4. The van der Waals surface area contributed by atoms with Crippen molar-refractivity contribution >= 4 is 39.0 Å². The topological polar surface area (TPSA) is 126 Å². The van der Waals surface area contributed by atoms with Gasteiger partial charge >= 0.3 is 0 Å². The molecule has 0 unspecified atom stereocenters. The van der Waals surface area contributed by atoms with E-state index < -0.39 is 33.3 Å². The first kappa shape index (κ1) is 28.1. The van der Waals surface area contributed by atoms with E-state index in [0.29, 0.717) is 5.56 Å². The summed E-state index contributed by atoms with van der Waals surface area (Å²) in [4.78, 5) is 32.2.